The van der Waals surface area contributed by atoms with Crippen LogP contribution in [-0.2, 0) is 0 Å². The summed E-state index contributed by atoms with van der Waals surface area (Å²) in [5.41, 5.74) is 5.98. The molecule has 67 valence electrons. The van der Waals surface area contributed by atoms with Crippen molar-refractivity contribution in [2.75, 3.05) is 0 Å². The Labute approximate surface area is 72.7 Å². The molecule has 0 saturated carbocycles. The van der Waals surface area contributed by atoms with E-state index in [1.54, 1.807) is 0 Å². The molecule has 1 aromatic carbocycles. The molecule has 0 heterocycles. The Morgan fingerprint density at radius 1 is 1.54 bits per heavy atom. The maximum Gasteiger partial charge on any atom is 0.273 e. The Morgan fingerprint density at radius 3 is 2.62 bits per heavy atom. The van der Waals surface area contributed by atoms with E-state index in [9.17, 15) is 14.9 Å². The molecular weight excluding hydrogens is 176 g/mol. The average molecular weight is 181 g/mol. The van der Waals surface area contributed by atoms with Crippen LogP contribution in [0.3, 0.4) is 0 Å². The van der Waals surface area contributed by atoms with E-state index in [-0.39, 0.29) is 11.3 Å². The predicted octanol–water partition coefficient (Wildman–Crippen LogP) is 0.723. The Hall–Kier alpha value is -2.11. The summed E-state index contributed by atoms with van der Waals surface area (Å²) in [7, 11) is 0. The SMILES string of the molecule is [NH]C(=O)c1cc([N+](=O)[O-])ccc1O. The summed E-state index contributed by atoms with van der Waals surface area (Å²) in [5, 5.41) is 19.3. The smallest absolute Gasteiger partial charge is 0.273 e. The van der Waals surface area contributed by atoms with Gasteiger partial charge >= 0.3 is 0 Å². The number of phenolic OH excluding ortho intramolecular Hbond substituents is 1. The topological polar surface area (TPSA) is 104 Å². The molecular formula is C7H5N2O4. The van der Waals surface area contributed by atoms with Crippen LogP contribution in [-0.4, -0.2) is 15.9 Å². The van der Waals surface area contributed by atoms with E-state index >= 15 is 0 Å². The second-order valence-corrected chi connectivity index (χ2v) is 2.29. The number of benzene rings is 1. The summed E-state index contributed by atoms with van der Waals surface area (Å²) in [4.78, 5) is 20.1. The minimum Gasteiger partial charge on any atom is -0.507 e. The van der Waals surface area contributed by atoms with Gasteiger partial charge in [-0.05, 0) is 6.07 Å². The lowest BCUT2D eigenvalue weighted by atomic mass is 10.1. The molecule has 6 nitrogen and oxygen atoms in total. The fraction of sp³-hybridized carbons (Fsp3) is 0. The van der Waals surface area contributed by atoms with Gasteiger partial charge in [0.05, 0.1) is 10.5 Å². The highest BCUT2D eigenvalue weighted by Gasteiger charge is 2.13. The molecule has 0 saturated heterocycles. The van der Waals surface area contributed by atoms with Crippen LogP contribution < -0.4 is 5.73 Å². The first kappa shape index (κ1) is 8.98. The number of nitro groups is 1. The quantitative estimate of drug-likeness (QED) is 0.536. The highest BCUT2D eigenvalue weighted by molar-refractivity contribution is 5.95. The Kier molecular flexibility index (Phi) is 2.14. The van der Waals surface area contributed by atoms with Crippen molar-refractivity contribution in [3.05, 3.63) is 33.9 Å². The second-order valence-electron chi connectivity index (χ2n) is 2.29. The molecule has 6 heteroatoms. The molecule has 1 amide bonds. The number of carbonyl (C=O) groups is 1. The van der Waals surface area contributed by atoms with Gasteiger partial charge in [0.15, 0.2) is 0 Å². The first-order valence-corrected chi connectivity index (χ1v) is 3.25. The molecule has 13 heavy (non-hydrogen) atoms. The predicted molar refractivity (Wildman–Crippen MR) is 42.2 cm³/mol. The first-order valence-electron chi connectivity index (χ1n) is 3.25. The molecule has 1 radical (unpaired) electrons. The lowest BCUT2D eigenvalue weighted by Gasteiger charge is -1.97. The zero-order valence-corrected chi connectivity index (χ0v) is 6.35. The first-order chi connectivity index (χ1) is 6.02. The van der Waals surface area contributed by atoms with E-state index in [4.69, 9.17) is 10.8 Å². The highest BCUT2D eigenvalue weighted by Crippen LogP contribution is 2.22. The van der Waals surface area contributed by atoms with Gasteiger partial charge in [0.25, 0.3) is 11.6 Å². The molecule has 0 unspecified atom stereocenters. The van der Waals surface area contributed by atoms with Crippen LogP contribution in [0.5, 0.6) is 5.75 Å². The summed E-state index contributed by atoms with van der Waals surface area (Å²) >= 11 is 0. The normalized spacial score (nSPS) is 9.54. The monoisotopic (exact) mass is 181 g/mol. The van der Waals surface area contributed by atoms with Gasteiger partial charge in [0, 0.05) is 12.1 Å². The lowest BCUT2D eigenvalue weighted by molar-refractivity contribution is -0.384. The third kappa shape index (κ3) is 1.73. The van der Waals surface area contributed by atoms with Crippen LogP contribution in [0.2, 0.25) is 0 Å². The fourth-order valence-electron chi connectivity index (χ4n) is 0.819. The Balaban J connectivity index is 3.27. The van der Waals surface area contributed by atoms with Crippen LogP contribution >= 0.6 is 0 Å². The van der Waals surface area contributed by atoms with Crippen molar-refractivity contribution >= 4 is 11.6 Å². The summed E-state index contributed by atoms with van der Waals surface area (Å²) in [5.74, 6) is -1.58. The number of phenols is 1. The van der Waals surface area contributed by atoms with Crippen molar-refractivity contribution in [2.45, 2.75) is 0 Å². The number of amides is 1. The van der Waals surface area contributed by atoms with Crippen molar-refractivity contribution in [3.8, 4) is 5.75 Å². The fourth-order valence-corrected chi connectivity index (χ4v) is 0.819. The third-order valence-corrected chi connectivity index (χ3v) is 1.44. The van der Waals surface area contributed by atoms with E-state index in [2.05, 4.69) is 0 Å². The summed E-state index contributed by atoms with van der Waals surface area (Å²) in [6, 6.07) is 2.94. The summed E-state index contributed by atoms with van der Waals surface area (Å²) < 4.78 is 0. The number of nitrogens with one attached hydrogen (secondary N) is 1. The van der Waals surface area contributed by atoms with Crippen molar-refractivity contribution in [3.63, 3.8) is 0 Å². The number of carbonyl (C=O) groups excluding carboxylic acids is 1. The third-order valence-electron chi connectivity index (χ3n) is 1.44. The number of rotatable bonds is 2. The average Bonchev–Trinajstić information content (AvgIpc) is 2.04. The number of aromatic hydroxyl groups is 1. The van der Waals surface area contributed by atoms with Crippen molar-refractivity contribution in [1.29, 1.82) is 0 Å². The van der Waals surface area contributed by atoms with E-state index in [0.29, 0.717) is 0 Å². The maximum absolute atomic E-state index is 10.5. The molecule has 0 aromatic heterocycles. The van der Waals surface area contributed by atoms with Gasteiger partial charge in [0.1, 0.15) is 5.75 Å². The van der Waals surface area contributed by atoms with Crippen molar-refractivity contribution in [2.24, 2.45) is 0 Å². The molecule has 0 spiro atoms. The van der Waals surface area contributed by atoms with Crippen molar-refractivity contribution < 1.29 is 14.8 Å². The van der Waals surface area contributed by atoms with Crippen LogP contribution in [0.15, 0.2) is 18.2 Å². The molecule has 2 N–H and O–H groups in total. The van der Waals surface area contributed by atoms with E-state index in [0.717, 1.165) is 18.2 Å². The Bertz CT molecular complexity index is 375. The van der Waals surface area contributed by atoms with Gasteiger partial charge in [-0.2, -0.15) is 0 Å². The zero-order valence-electron chi connectivity index (χ0n) is 6.35. The molecule has 0 aliphatic rings. The lowest BCUT2D eigenvalue weighted by Crippen LogP contribution is -2.00. The molecule has 0 aliphatic heterocycles. The zero-order chi connectivity index (χ0) is 10.0. The van der Waals surface area contributed by atoms with Crippen LogP contribution in [0.4, 0.5) is 5.69 Å². The highest BCUT2D eigenvalue weighted by atomic mass is 16.6. The molecule has 1 aromatic rings. The van der Waals surface area contributed by atoms with Crippen molar-refractivity contribution in [1.82, 2.24) is 5.73 Å². The van der Waals surface area contributed by atoms with E-state index in [1.165, 1.54) is 0 Å². The Morgan fingerprint density at radius 2 is 2.15 bits per heavy atom. The largest absolute Gasteiger partial charge is 0.507 e. The molecule has 1 rings (SSSR count). The van der Waals surface area contributed by atoms with Crippen LogP contribution in [0.1, 0.15) is 10.4 Å². The summed E-state index contributed by atoms with van der Waals surface area (Å²) in [6.45, 7) is 0. The second kappa shape index (κ2) is 3.10. The van der Waals surface area contributed by atoms with Gasteiger partial charge in [-0.1, -0.05) is 0 Å². The van der Waals surface area contributed by atoms with E-state index in [1.807, 2.05) is 0 Å². The minimum atomic E-state index is -1.15. The van der Waals surface area contributed by atoms with Gasteiger partial charge in [-0.3, -0.25) is 20.6 Å². The van der Waals surface area contributed by atoms with Crippen LogP contribution in [0.25, 0.3) is 0 Å². The minimum absolute atomic E-state index is 0.326. The summed E-state index contributed by atoms with van der Waals surface area (Å²) in [6.07, 6.45) is 0. The molecule has 0 aliphatic carbocycles. The number of hydrogen-bond acceptors (Lipinski definition) is 4. The van der Waals surface area contributed by atoms with Gasteiger partial charge in [-0.15, -0.1) is 0 Å². The van der Waals surface area contributed by atoms with Gasteiger partial charge in [0.2, 0.25) is 0 Å². The number of non-ortho nitro benzene ring substituents is 1. The van der Waals surface area contributed by atoms with Gasteiger partial charge < -0.3 is 5.11 Å². The molecule has 0 fully saturated rings. The van der Waals surface area contributed by atoms with Crippen LogP contribution in [0, 0.1) is 10.1 Å². The number of nitro benzene ring substituents is 1. The number of hydrogen-bond donors (Lipinski definition) is 1. The molecule has 0 atom stereocenters. The number of nitrogens with zero attached hydrogens (tertiary/aromatic N) is 1. The van der Waals surface area contributed by atoms with Gasteiger partial charge in [-0.25, -0.2) is 0 Å². The molecule has 0 bridgehead atoms. The standard InChI is InChI=1S/C7H5N2O4/c8-7(11)5-3-4(9(12)13)1-2-6(5)10/h1-3,8,10H. The van der Waals surface area contributed by atoms with E-state index < -0.39 is 16.6 Å². The maximum atomic E-state index is 10.5.